The molecule has 1 amide bonds. The number of amidine groups is 1. The smallest absolute Gasteiger partial charge is 0.260 e. The number of nitriles is 1. The molecule has 1 aliphatic heterocycles. The third-order valence-corrected chi connectivity index (χ3v) is 5.32. The number of amides is 1. The molecule has 0 radical (unpaired) electrons. The van der Waals surface area contributed by atoms with Crippen LogP contribution in [0.2, 0.25) is 0 Å². The molecule has 3 rings (SSSR count). The highest BCUT2D eigenvalue weighted by Crippen LogP contribution is 2.30. The molecule has 0 N–H and O–H groups in total. The molecule has 1 atom stereocenters. The summed E-state index contributed by atoms with van der Waals surface area (Å²) in [7, 11) is 1.62. The van der Waals surface area contributed by atoms with Crippen LogP contribution in [-0.4, -0.2) is 34.9 Å². The van der Waals surface area contributed by atoms with Gasteiger partial charge in [0.2, 0.25) is 0 Å². The van der Waals surface area contributed by atoms with E-state index in [1.807, 2.05) is 24.3 Å². The van der Waals surface area contributed by atoms with Gasteiger partial charge in [-0.05, 0) is 55.0 Å². The van der Waals surface area contributed by atoms with E-state index in [1.165, 1.54) is 0 Å². The average molecular weight is 365 g/mol. The Bertz CT molecular complexity index is 854. The van der Waals surface area contributed by atoms with Gasteiger partial charge in [0.25, 0.3) is 5.91 Å². The highest BCUT2D eigenvalue weighted by molar-refractivity contribution is 8.14. The number of methoxy groups -OCH3 is 1. The number of carbonyl (C=O) groups is 1. The van der Waals surface area contributed by atoms with Crippen molar-refractivity contribution in [3.63, 3.8) is 0 Å². The Balaban J connectivity index is 1.90. The number of benzene rings is 2. The van der Waals surface area contributed by atoms with Gasteiger partial charge in [0.15, 0.2) is 5.17 Å². The molecule has 1 aliphatic rings. The quantitative estimate of drug-likeness (QED) is 0.813. The number of rotatable bonds is 4. The normalized spacial score (nSPS) is 18.0. The molecule has 0 unspecified atom stereocenters. The SMILES string of the molecule is CC[C@H]1CSC(=Nc2ccc(OC)cc2)N1C(=O)c1ccc(C#N)cc1. The number of thioether (sulfide) groups is 1. The van der Waals surface area contributed by atoms with Crippen molar-refractivity contribution in [3.05, 3.63) is 59.7 Å². The monoisotopic (exact) mass is 365 g/mol. The first-order chi connectivity index (χ1) is 12.7. The van der Waals surface area contributed by atoms with E-state index in [1.54, 1.807) is 48.0 Å². The van der Waals surface area contributed by atoms with Crippen LogP contribution in [-0.2, 0) is 0 Å². The Kier molecular flexibility index (Phi) is 5.59. The van der Waals surface area contributed by atoms with Gasteiger partial charge < -0.3 is 4.74 Å². The molecule has 0 aromatic heterocycles. The standard InChI is InChI=1S/C20H19N3O2S/c1-3-17-13-26-20(22-16-8-10-18(25-2)11-9-16)23(17)19(24)15-6-4-14(12-21)5-7-15/h4-11,17H,3,13H2,1-2H3/t17-/m0/s1. The van der Waals surface area contributed by atoms with Gasteiger partial charge in [-0.3, -0.25) is 9.69 Å². The summed E-state index contributed by atoms with van der Waals surface area (Å²) in [5.41, 5.74) is 1.88. The predicted molar refractivity (Wildman–Crippen MR) is 104 cm³/mol. The zero-order valence-electron chi connectivity index (χ0n) is 14.7. The number of aliphatic imine (C=N–C) groups is 1. The van der Waals surface area contributed by atoms with E-state index in [9.17, 15) is 4.79 Å². The zero-order chi connectivity index (χ0) is 18.5. The van der Waals surface area contributed by atoms with Crippen molar-refractivity contribution < 1.29 is 9.53 Å². The Hall–Kier alpha value is -2.78. The molecule has 26 heavy (non-hydrogen) atoms. The Morgan fingerprint density at radius 2 is 1.96 bits per heavy atom. The first-order valence-electron chi connectivity index (χ1n) is 8.35. The fourth-order valence-corrected chi connectivity index (χ4v) is 3.97. The van der Waals surface area contributed by atoms with E-state index in [0.717, 1.165) is 23.6 Å². The van der Waals surface area contributed by atoms with E-state index in [2.05, 4.69) is 18.0 Å². The summed E-state index contributed by atoms with van der Waals surface area (Å²) in [5, 5.41) is 9.63. The molecule has 0 saturated carbocycles. The Morgan fingerprint density at radius 1 is 1.27 bits per heavy atom. The van der Waals surface area contributed by atoms with Crippen LogP contribution in [0.15, 0.2) is 53.5 Å². The van der Waals surface area contributed by atoms with Crippen LogP contribution in [0.3, 0.4) is 0 Å². The highest BCUT2D eigenvalue weighted by Gasteiger charge is 2.34. The highest BCUT2D eigenvalue weighted by atomic mass is 32.2. The molecular formula is C20H19N3O2S. The van der Waals surface area contributed by atoms with Crippen molar-refractivity contribution in [2.75, 3.05) is 12.9 Å². The van der Waals surface area contributed by atoms with Gasteiger partial charge in [0, 0.05) is 17.4 Å². The van der Waals surface area contributed by atoms with E-state index < -0.39 is 0 Å². The van der Waals surface area contributed by atoms with Crippen LogP contribution in [0.5, 0.6) is 5.75 Å². The largest absolute Gasteiger partial charge is 0.497 e. The minimum Gasteiger partial charge on any atom is -0.497 e. The van der Waals surface area contributed by atoms with Crippen LogP contribution in [0, 0.1) is 11.3 Å². The van der Waals surface area contributed by atoms with Crippen molar-refractivity contribution in [3.8, 4) is 11.8 Å². The maximum Gasteiger partial charge on any atom is 0.260 e. The molecule has 6 heteroatoms. The number of nitrogens with zero attached hydrogens (tertiary/aromatic N) is 3. The van der Waals surface area contributed by atoms with Gasteiger partial charge in [-0.25, -0.2) is 4.99 Å². The minimum absolute atomic E-state index is 0.0846. The van der Waals surface area contributed by atoms with Gasteiger partial charge in [-0.1, -0.05) is 18.7 Å². The second kappa shape index (κ2) is 8.07. The maximum absolute atomic E-state index is 13.0. The summed E-state index contributed by atoms with van der Waals surface area (Å²) in [6, 6.07) is 16.3. The number of hydrogen-bond acceptors (Lipinski definition) is 5. The van der Waals surface area contributed by atoms with Gasteiger partial charge in [0.05, 0.1) is 24.4 Å². The molecule has 2 aromatic carbocycles. The van der Waals surface area contributed by atoms with E-state index >= 15 is 0 Å². The van der Waals surface area contributed by atoms with Gasteiger partial charge in [-0.2, -0.15) is 5.26 Å². The van der Waals surface area contributed by atoms with Gasteiger partial charge in [-0.15, -0.1) is 0 Å². The molecule has 5 nitrogen and oxygen atoms in total. The Morgan fingerprint density at radius 3 is 2.54 bits per heavy atom. The van der Waals surface area contributed by atoms with Crippen molar-refractivity contribution >= 4 is 28.5 Å². The minimum atomic E-state index is -0.0846. The number of hydrogen-bond donors (Lipinski definition) is 0. The lowest BCUT2D eigenvalue weighted by Crippen LogP contribution is -2.39. The molecule has 2 aromatic rings. The van der Waals surface area contributed by atoms with E-state index in [-0.39, 0.29) is 11.9 Å². The summed E-state index contributed by atoms with van der Waals surface area (Å²) in [4.78, 5) is 19.5. The number of carbonyl (C=O) groups excluding carboxylic acids is 1. The van der Waals surface area contributed by atoms with Crippen molar-refractivity contribution in [1.29, 1.82) is 5.26 Å². The molecular weight excluding hydrogens is 346 g/mol. The van der Waals surface area contributed by atoms with Crippen molar-refractivity contribution in [2.45, 2.75) is 19.4 Å². The van der Waals surface area contributed by atoms with Crippen LogP contribution in [0.25, 0.3) is 0 Å². The number of ether oxygens (including phenoxy) is 1. The summed E-state index contributed by atoms with van der Waals surface area (Å²) in [5.74, 6) is 1.51. The topological polar surface area (TPSA) is 65.7 Å². The fourth-order valence-electron chi connectivity index (χ4n) is 2.70. The first kappa shape index (κ1) is 18.0. The predicted octanol–water partition coefficient (Wildman–Crippen LogP) is 4.22. The van der Waals surface area contributed by atoms with E-state index in [0.29, 0.717) is 16.3 Å². The zero-order valence-corrected chi connectivity index (χ0v) is 15.5. The third kappa shape index (κ3) is 3.73. The lowest BCUT2D eigenvalue weighted by Gasteiger charge is -2.23. The first-order valence-corrected chi connectivity index (χ1v) is 9.34. The van der Waals surface area contributed by atoms with Gasteiger partial charge in [0.1, 0.15) is 5.75 Å². The third-order valence-electron chi connectivity index (χ3n) is 4.22. The molecule has 132 valence electrons. The van der Waals surface area contributed by atoms with E-state index in [4.69, 9.17) is 10.00 Å². The second-order valence-corrected chi connectivity index (χ2v) is 6.82. The van der Waals surface area contributed by atoms with Crippen molar-refractivity contribution in [1.82, 2.24) is 4.90 Å². The van der Waals surface area contributed by atoms with Crippen LogP contribution in [0.4, 0.5) is 5.69 Å². The molecule has 0 spiro atoms. The van der Waals surface area contributed by atoms with Crippen LogP contribution in [0.1, 0.15) is 29.3 Å². The molecule has 1 fully saturated rings. The molecule has 1 saturated heterocycles. The van der Waals surface area contributed by atoms with Crippen LogP contribution >= 0.6 is 11.8 Å². The maximum atomic E-state index is 13.0. The summed E-state index contributed by atoms with van der Waals surface area (Å²) >= 11 is 1.59. The molecule has 0 bridgehead atoms. The summed E-state index contributed by atoms with van der Waals surface area (Å²) in [6.07, 6.45) is 0.858. The molecule has 1 heterocycles. The second-order valence-electron chi connectivity index (χ2n) is 5.83. The summed E-state index contributed by atoms with van der Waals surface area (Å²) in [6.45, 7) is 2.07. The molecule has 0 aliphatic carbocycles. The fraction of sp³-hybridized carbons (Fsp3) is 0.250. The van der Waals surface area contributed by atoms with Crippen LogP contribution < -0.4 is 4.74 Å². The average Bonchev–Trinajstić information content (AvgIpc) is 3.10. The lowest BCUT2D eigenvalue weighted by atomic mass is 10.1. The lowest BCUT2D eigenvalue weighted by molar-refractivity contribution is 0.0819. The van der Waals surface area contributed by atoms with Crippen molar-refractivity contribution in [2.24, 2.45) is 4.99 Å². The Labute approximate surface area is 157 Å². The van der Waals surface area contributed by atoms with Gasteiger partial charge >= 0.3 is 0 Å². The summed E-state index contributed by atoms with van der Waals surface area (Å²) < 4.78 is 5.17.